The van der Waals surface area contributed by atoms with E-state index in [1.54, 1.807) is 19.1 Å². The molecule has 0 fully saturated rings. The number of hydrogen-bond donors (Lipinski definition) is 2. The smallest absolute Gasteiger partial charge is 0.259 e. The van der Waals surface area contributed by atoms with Crippen molar-refractivity contribution in [2.24, 2.45) is 0 Å². The summed E-state index contributed by atoms with van der Waals surface area (Å²) in [6, 6.07) is 6.06. The molecule has 24 heavy (non-hydrogen) atoms. The number of amides is 1. The largest absolute Gasteiger partial charge is 0.466 e. The first-order chi connectivity index (χ1) is 11.3. The van der Waals surface area contributed by atoms with E-state index in [1.165, 1.54) is 12.1 Å². The van der Waals surface area contributed by atoms with Gasteiger partial charge in [-0.1, -0.05) is 6.92 Å². The van der Waals surface area contributed by atoms with Crippen LogP contribution in [0, 0.1) is 20.8 Å². The molecule has 0 aliphatic rings. The van der Waals surface area contributed by atoms with Gasteiger partial charge in [0.15, 0.2) is 0 Å². The molecule has 0 saturated carbocycles. The number of furan rings is 1. The van der Waals surface area contributed by atoms with Gasteiger partial charge < -0.3 is 9.73 Å². The Hall–Kier alpha value is -2.12. The minimum Gasteiger partial charge on any atom is -0.466 e. The molecule has 0 aliphatic heterocycles. The highest BCUT2D eigenvalue weighted by atomic mass is 32.2. The first-order valence-electron chi connectivity index (χ1n) is 7.74. The molecule has 0 saturated heterocycles. The van der Waals surface area contributed by atoms with Gasteiger partial charge in [0.2, 0.25) is 10.0 Å². The van der Waals surface area contributed by atoms with Gasteiger partial charge in [0.05, 0.1) is 10.5 Å². The lowest BCUT2D eigenvalue weighted by atomic mass is 10.1. The molecule has 1 heterocycles. The van der Waals surface area contributed by atoms with E-state index in [0.29, 0.717) is 29.3 Å². The molecule has 0 atom stereocenters. The number of anilines is 1. The zero-order chi connectivity index (χ0) is 17.9. The number of rotatable bonds is 6. The van der Waals surface area contributed by atoms with E-state index in [2.05, 4.69) is 10.0 Å². The average Bonchev–Trinajstić information content (AvgIpc) is 2.78. The minimum atomic E-state index is -3.51. The van der Waals surface area contributed by atoms with Crippen molar-refractivity contribution in [2.75, 3.05) is 11.9 Å². The Bertz CT molecular complexity index is 836. The summed E-state index contributed by atoms with van der Waals surface area (Å²) in [7, 11) is -3.51. The Morgan fingerprint density at radius 2 is 1.71 bits per heavy atom. The summed E-state index contributed by atoms with van der Waals surface area (Å²) in [6.07, 6.45) is 0.718. The Morgan fingerprint density at radius 3 is 2.21 bits per heavy atom. The minimum absolute atomic E-state index is 0.167. The lowest BCUT2D eigenvalue weighted by Crippen LogP contribution is -2.24. The van der Waals surface area contributed by atoms with Gasteiger partial charge in [0.25, 0.3) is 5.91 Å². The van der Waals surface area contributed by atoms with E-state index in [-0.39, 0.29) is 10.8 Å². The monoisotopic (exact) mass is 350 g/mol. The fourth-order valence-corrected chi connectivity index (χ4v) is 3.49. The van der Waals surface area contributed by atoms with Crippen molar-refractivity contribution in [3.63, 3.8) is 0 Å². The van der Waals surface area contributed by atoms with Crippen molar-refractivity contribution < 1.29 is 17.6 Å². The summed E-state index contributed by atoms with van der Waals surface area (Å²) >= 11 is 0. The molecule has 0 unspecified atom stereocenters. The van der Waals surface area contributed by atoms with Gasteiger partial charge in [-0.05, 0) is 51.5 Å². The SMILES string of the molecule is CCCNS(=O)(=O)c1ccc(NC(=O)c2c(C)oc(C)c2C)cc1. The fourth-order valence-electron chi connectivity index (χ4n) is 2.36. The summed E-state index contributed by atoms with van der Waals surface area (Å²) in [5.74, 6) is 0.994. The van der Waals surface area contributed by atoms with Gasteiger partial charge in [-0.2, -0.15) is 0 Å². The predicted octanol–water partition coefficient (Wildman–Crippen LogP) is 3.15. The lowest BCUT2D eigenvalue weighted by Gasteiger charge is -2.08. The van der Waals surface area contributed by atoms with Crippen molar-refractivity contribution in [3.8, 4) is 0 Å². The van der Waals surface area contributed by atoms with Crippen LogP contribution in [-0.4, -0.2) is 20.9 Å². The molecule has 2 N–H and O–H groups in total. The van der Waals surface area contributed by atoms with Crippen LogP contribution in [0.25, 0.3) is 0 Å². The van der Waals surface area contributed by atoms with Gasteiger partial charge >= 0.3 is 0 Å². The van der Waals surface area contributed by atoms with Crippen molar-refractivity contribution in [3.05, 3.63) is 46.9 Å². The highest BCUT2D eigenvalue weighted by molar-refractivity contribution is 7.89. The van der Waals surface area contributed by atoms with Crippen LogP contribution in [-0.2, 0) is 10.0 Å². The molecule has 1 aromatic heterocycles. The summed E-state index contributed by atoms with van der Waals surface area (Å²) in [4.78, 5) is 12.6. The Kier molecular flexibility index (Phi) is 5.46. The molecule has 0 radical (unpaired) electrons. The highest BCUT2D eigenvalue weighted by Crippen LogP contribution is 2.22. The van der Waals surface area contributed by atoms with Crippen molar-refractivity contribution in [2.45, 2.75) is 39.0 Å². The van der Waals surface area contributed by atoms with Gasteiger partial charge in [-0.25, -0.2) is 13.1 Å². The fraction of sp³-hybridized carbons (Fsp3) is 0.353. The normalized spacial score (nSPS) is 11.5. The van der Waals surface area contributed by atoms with Crippen LogP contribution >= 0.6 is 0 Å². The second-order valence-corrected chi connectivity index (χ2v) is 7.36. The van der Waals surface area contributed by atoms with Gasteiger partial charge in [-0.3, -0.25) is 4.79 Å². The Balaban J connectivity index is 2.16. The topological polar surface area (TPSA) is 88.4 Å². The molecule has 6 nitrogen and oxygen atoms in total. The molecule has 1 aromatic carbocycles. The highest BCUT2D eigenvalue weighted by Gasteiger charge is 2.19. The number of aryl methyl sites for hydroxylation is 2. The molecule has 2 aromatic rings. The van der Waals surface area contributed by atoms with Crippen LogP contribution in [0.5, 0.6) is 0 Å². The second-order valence-electron chi connectivity index (χ2n) is 5.59. The third-order valence-corrected chi connectivity index (χ3v) is 5.23. The first-order valence-corrected chi connectivity index (χ1v) is 9.22. The lowest BCUT2D eigenvalue weighted by molar-refractivity contribution is 0.102. The second kappa shape index (κ2) is 7.19. The van der Waals surface area contributed by atoms with Crippen molar-refractivity contribution in [1.29, 1.82) is 0 Å². The Labute approximate surface area is 142 Å². The average molecular weight is 350 g/mol. The van der Waals surface area contributed by atoms with E-state index in [4.69, 9.17) is 4.42 Å². The van der Waals surface area contributed by atoms with Gasteiger partial charge in [-0.15, -0.1) is 0 Å². The maximum atomic E-state index is 12.4. The summed E-state index contributed by atoms with van der Waals surface area (Å²) in [6.45, 7) is 7.66. The number of sulfonamides is 1. The number of hydrogen-bond acceptors (Lipinski definition) is 4. The molecule has 130 valence electrons. The molecule has 7 heteroatoms. The molecule has 0 bridgehead atoms. The summed E-state index contributed by atoms with van der Waals surface area (Å²) in [5, 5.41) is 2.76. The standard InChI is InChI=1S/C17H22N2O4S/c1-5-10-18-24(21,22)15-8-6-14(7-9-15)19-17(20)16-11(2)12(3)23-13(16)4/h6-9,18H,5,10H2,1-4H3,(H,19,20). The third-order valence-electron chi connectivity index (χ3n) is 3.75. The van der Waals surface area contributed by atoms with Crippen molar-refractivity contribution in [1.82, 2.24) is 4.72 Å². The van der Waals surface area contributed by atoms with E-state index >= 15 is 0 Å². The number of carbonyl (C=O) groups excluding carboxylic acids is 1. The van der Waals surface area contributed by atoms with Crippen LogP contribution in [0.3, 0.4) is 0 Å². The summed E-state index contributed by atoms with van der Waals surface area (Å²) < 4.78 is 32.0. The van der Waals surface area contributed by atoms with E-state index in [0.717, 1.165) is 12.0 Å². The number of carbonyl (C=O) groups is 1. The van der Waals surface area contributed by atoms with Gasteiger partial charge in [0.1, 0.15) is 11.5 Å². The molecule has 2 rings (SSSR count). The number of nitrogens with one attached hydrogen (secondary N) is 2. The Morgan fingerprint density at radius 1 is 1.08 bits per heavy atom. The molecule has 1 amide bonds. The van der Waals surface area contributed by atoms with Crippen LogP contribution in [0.1, 0.15) is 40.8 Å². The number of benzene rings is 1. The van der Waals surface area contributed by atoms with Crippen LogP contribution in [0.15, 0.2) is 33.6 Å². The van der Waals surface area contributed by atoms with E-state index in [1.807, 2.05) is 20.8 Å². The molecule has 0 spiro atoms. The van der Waals surface area contributed by atoms with E-state index in [9.17, 15) is 13.2 Å². The van der Waals surface area contributed by atoms with Crippen LogP contribution < -0.4 is 10.0 Å². The summed E-state index contributed by atoms with van der Waals surface area (Å²) in [5.41, 5.74) is 1.83. The van der Waals surface area contributed by atoms with Crippen LogP contribution in [0.2, 0.25) is 0 Å². The van der Waals surface area contributed by atoms with Crippen LogP contribution in [0.4, 0.5) is 5.69 Å². The third kappa shape index (κ3) is 3.85. The van der Waals surface area contributed by atoms with Gasteiger partial charge in [0, 0.05) is 17.8 Å². The molecular formula is C17H22N2O4S. The van der Waals surface area contributed by atoms with E-state index < -0.39 is 10.0 Å². The molecule has 0 aliphatic carbocycles. The molecular weight excluding hydrogens is 328 g/mol. The maximum Gasteiger partial charge on any atom is 0.259 e. The van der Waals surface area contributed by atoms with Crippen molar-refractivity contribution >= 4 is 21.6 Å². The first kappa shape index (κ1) is 18.2. The zero-order valence-electron chi connectivity index (χ0n) is 14.3. The zero-order valence-corrected chi connectivity index (χ0v) is 15.1. The predicted molar refractivity (Wildman–Crippen MR) is 92.8 cm³/mol. The quantitative estimate of drug-likeness (QED) is 0.837. The maximum absolute atomic E-state index is 12.4.